The Balaban J connectivity index is 1.59. The number of amides is 1. The zero-order valence-corrected chi connectivity index (χ0v) is 21.2. The van der Waals surface area contributed by atoms with Crippen LogP contribution in [-0.2, 0) is 6.42 Å². The van der Waals surface area contributed by atoms with E-state index in [9.17, 15) is 9.59 Å². The summed E-state index contributed by atoms with van der Waals surface area (Å²) >= 11 is 0. The van der Waals surface area contributed by atoms with E-state index in [0.29, 0.717) is 41.9 Å². The van der Waals surface area contributed by atoms with Gasteiger partial charge in [-0.05, 0) is 72.9 Å². The topological polar surface area (TPSA) is 69.0 Å². The maximum absolute atomic E-state index is 13.9. The Labute approximate surface area is 215 Å². The fourth-order valence-corrected chi connectivity index (χ4v) is 5.03. The number of hydrogen-bond donors (Lipinski definition) is 0. The molecule has 0 saturated carbocycles. The molecule has 1 amide bonds. The number of benzene rings is 3. The maximum Gasteiger partial charge on any atom is 0.290 e. The van der Waals surface area contributed by atoms with Crippen LogP contribution in [0, 0.1) is 13.8 Å². The number of aryl methyl sites for hydroxylation is 2. The van der Waals surface area contributed by atoms with Crippen molar-refractivity contribution in [1.82, 2.24) is 4.90 Å². The Morgan fingerprint density at radius 1 is 1.00 bits per heavy atom. The first-order chi connectivity index (χ1) is 17.9. The summed E-state index contributed by atoms with van der Waals surface area (Å²) in [5.41, 5.74) is 4.37. The van der Waals surface area contributed by atoms with Crippen molar-refractivity contribution in [2.75, 3.05) is 20.3 Å². The molecule has 0 spiro atoms. The molecule has 1 aromatic heterocycles. The van der Waals surface area contributed by atoms with Crippen molar-refractivity contribution in [3.63, 3.8) is 0 Å². The summed E-state index contributed by atoms with van der Waals surface area (Å²) < 4.78 is 17.0. The van der Waals surface area contributed by atoms with Crippen molar-refractivity contribution in [3.8, 4) is 11.5 Å². The SMILES string of the molecule is C=CCOc1ccc(C2c3c(oc4cc(C)cc(C)c4c3=O)C(=O)N2CCc2ccc(OC)cc2)cc1. The minimum Gasteiger partial charge on any atom is -0.497 e. The van der Waals surface area contributed by atoms with E-state index < -0.39 is 6.04 Å². The molecule has 4 aromatic rings. The molecule has 37 heavy (non-hydrogen) atoms. The van der Waals surface area contributed by atoms with Gasteiger partial charge in [-0.15, -0.1) is 0 Å². The molecule has 1 unspecified atom stereocenters. The van der Waals surface area contributed by atoms with Crippen LogP contribution in [0.1, 0.15) is 44.4 Å². The van der Waals surface area contributed by atoms with Crippen molar-refractivity contribution < 1.29 is 18.7 Å². The van der Waals surface area contributed by atoms with Crippen LogP contribution in [0.15, 0.2) is 82.5 Å². The van der Waals surface area contributed by atoms with Crippen LogP contribution in [0.5, 0.6) is 11.5 Å². The Morgan fingerprint density at radius 2 is 1.70 bits per heavy atom. The number of carbonyl (C=O) groups is 1. The molecule has 188 valence electrons. The summed E-state index contributed by atoms with van der Waals surface area (Å²) in [5, 5.41) is 0.519. The zero-order chi connectivity index (χ0) is 26.1. The maximum atomic E-state index is 13.9. The van der Waals surface area contributed by atoms with Gasteiger partial charge in [0.15, 0.2) is 5.43 Å². The second-order valence-electron chi connectivity index (χ2n) is 9.30. The highest BCUT2D eigenvalue weighted by Crippen LogP contribution is 2.39. The molecule has 0 saturated heterocycles. The molecular weight excluding hydrogens is 466 g/mol. The Hall–Kier alpha value is -4.32. The molecule has 0 fully saturated rings. The van der Waals surface area contributed by atoms with Gasteiger partial charge >= 0.3 is 0 Å². The summed E-state index contributed by atoms with van der Waals surface area (Å²) in [6.45, 7) is 8.34. The zero-order valence-electron chi connectivity index (χ0n) is 21.2. The minimum absolute atomic E-state index is 0.120. The van der Waals surface area contributed by atoms with Crippen LogP contribution >= 0.6 is 0 Å². The van der Waals surface area contributed by atoms with Gasteiger partial charge in [-0.25, -0.2) is 0 Å². The Bertz CT molecular complexity index is 1530. The van der Waals surface area contributed by atoms with Gasteiger partial charge in [0.05, 0.1) is 24.1 Å². The molecule has 1 aliphatic rings. The van der Waals surface area contributed by atoms with Crippen molar-refractivity contribution in [2.45, 2.75) is 26.3 Å². The molecule has 5 rings (SSSR count). The first-order valence-corrected chi connectivity index (χ1v) is 12.3. The Kier molecular flexibility index (Phi) is 6.57. The van der Waals surface area contributed by atoms with Crippen molar-refractivity contribution in [3.05, 3.63) is 117 Å². The number of hydrogen-bond acceptors (Lipinski definition) is 5. The third-order valence-corrected chi connectivity index (χ3v) is 6.78. The summed E-state index contributed by atoms with van der Waals surface area (Å²) in [6, 6.07) is 18.5. The fraction of sp³-hybridized carbons (Fsp3) is 0.226. The predicted octanol–water partition coefficient (Wildman–Crippen LogP) is 5.77. The van der Waals surface area contributed by atoms with Gasteiger partial charge in [-0.1, -0.05) is 43.0 Å². The third kappa shape index (κ3) is 4.51. The van der Waals surface area contributed by atoms with E-state index in [1.165, 1.54) is 0 Å². The van der Waals surface area contributed by atoms with Gasteiger partial charge in [-0.3, -0.25) is 9.59 Å². The number of methoxy groups -OCH3 is 1. The number of nitrogens with zero attached hydrogens (tertiary/aromatic N) is 1. The van der Waals surface area contributed by atoms with E-state index in [1.807, 2.05) is 74.5 Å². The quantitative estimate of drug-likeness (QED) is 0.290. The van der Waals surface area contributed by atoms with E-state index in [1.54, 1.807) is 18.1 Å². The molecule has 0 radical (unpaired) electrons. The first-order valence-electron chi connectivity index (χ1n) is 12.3. The lowest BCUT2D eigenvalue weighted by atomic mass is 9.96. The van der Waals surface area contributed by atoms with Crippen LogP contribution in [0.4, 0.5) is 0 Å². The summed E-state index contributed by atoms with van der Waals surface area (Å²) in [7, 11) is 1.63. The van der Waals surface area contributed by atoms with Gasteiger partial charge in [0, 0.05) is 6.54 Å². The van der Waals surface area contributed by atoms with Crippen LogP contribution in [0.3, 0.4) is 0 Å². The average Bonchev–Trinajstić information content (AvgIpc) is 3.18. The van der Waals surface area contributed by atoms with Gasteiger partial charge < -0.3 is 18.8 Å². The average molecular weight is 496 g/mol. The standard InChI is InChI=1S/C31H29NO5/c1-5-16-36-24-12-8-22(9-13-24)28-27-29(33)26-20(3)17-19(2)18-25(26)37-30(27)31(34)32(28)15-14-21-6-10-23(35-4)11-7-21/h5-13,17-18,28H,1,14-16H2,2-4H3. The van der Waals surface area contributed by atoms with Crippen molar-refractivity contribution in [1.29, 1.82) is 0 Å². The van der Waals surface area contributed by atoms with Crippen LogP contribution < -0.4 is 14.9 Å². The monoisotopic (exact) mass is 495 g/mol. The van der Waals surface area contributed by atoms with Gasteiger partial charge in [-0.2, -0.15) is 0 Å². The smallest absolute Gasteiger partial charge is 0.290 e. The lowest BCUT2D eigenvalue weighted by Crippen LogP contribution is -2.31. The molecule has 0 bridgehead atoms. The molecule has 1 aliphatic heterocycles. The highest BCUT2D eigenvalue weighted by atomic mass is 16.5. The molecule has 0 aliphatic carbocycles. The van der Waals surface area contributed by atoms with E-state index >= 15 is 0 Å². The molecule has 6 heteroatoms. The van der Waals surface area contributed by atoms with Crippen LogP contribution in [0.25, 0.3) is 11.0 Å². The summed E-state index contributed by atoms with van der Waals surface area (Å²) in [5.74, 6) is 1.31. The first kappa shape index (κ1) is 24.4. The number of ether oxygens (including phenoxy) is 2. The van der Waals surface area contributed by atoms with Gasteiger partial charge in [0.1, 0.15) is 23.7 Å². The lowest BCUT2D eigenvalue weighted by molar-refractivity contribution is 0.0730. The largest absolute Gasteiger partial charge is 0.497 e. The lowest BCUT2D eigenvalue weighted by Gasteiger charge is -2.25. The van der Waals surface area contributed by atoms with Crippen molar-refractivity contribution in [2.24, 2.45) is 0 Å². The highest BCUT2D eigenvalue weighted by Gasteiger charge is 2.42. The Morgan fingerprint density at radius 3 is 2.38 bits per heavy atom. The number of rotatable bonds is 8. The van der Waals surface area contributed by atoms with Crippen LogP contribution in [0.2, 0.25) is 0 Å². The van der Waals surface area contributed by atoms with Gasteiger partial charge in [0.2, 0.25) is 5.76 Å². The second-order valence-corrected chi connectivity index (χ2v) is 9.30. The minimum atomic E-state index is -0.560. The molecule has 3 aromatic carbocycles. The fourth-order valence-electron chi connectivity index (χ4n) is 5.03. The van der Waals surface area contributed by atoms with E-state index in [2.05, 4.69) is 6.58 Å². The molecule has 2 heterocycles. The van der Waals surface area contributed by atoms with Crippen molar-refractivity contribution >= 4 is 16.9 Å². The van der Waals surface area contributed by atoms with Crippen LogP contribution in [-0.4, -0.2) is 31.1 Å². The molecule has 6 nitrogen and oxygen atoms in total. The number of fused-ring (bicyclic) bond motifs is 2. The van der Waals surface area contributed by atoms with E-state index in [-0.39, 0.29) is 17.1 Å². The summed E-state index contributed by atoms with van der Waals surface area (Å²) in [4.78, 5) is 29.3. The van der Waals surface area contributed by atoms with E-state index in [4.69, 9.17) is 13.9 Å². The summed E-state index contributed by atoms with van der Waals surface area (Å²) in [6.07, 6.45) is 2.30. The third-order valence-electron chi connectivity index (χ3n) is 6.78. The molecular formula is C31H29NO5. The predicted molar refractivity (Wildman–Crippen MR) is 144 cm³/mol. The highest BCUT2D eigenvalue weighted by molar-refractivity contribution is 5.99. The molecule has 0 N–H and O–H groups in total. The van der Waals surface area contributed by atoms with E-state index in [0.717, 1.165) is 28.0 Å². The number of carbonyl (C=O) groups excluding carboxylic acids is 1. The van der Waals surface area contributed by atoms with Gasteiger partial charge in [0.25, 0.3) is 5.91 Å². The normalized spacial score (nSPS) is 14.6. The molecule has 1 atom stereocenters. The second kappa shape index (κ2) is 9.97.